The highest BCUT2D eigenvalue weighted by Crippen LogP contribution is 2.19. The van der Waals surface area contributed by atoms with Crippen LogP contribution in [0.5, 0.6) is 11.5 Å². The summed E-state index contributed by atoms with van der Waals surface area (Å²) in [6.07, 6.45) is -0.356. The monoisotopic (exact) mass is 606 g/mol. The molecule has 0 spiro atoms. The van der Waals surface area contributed by atoms with Gasteiger partial charge in [-0.2, -0.15) is 0 Å². The summed E-state index contributed by atoms with van der Waals surface area (Å²) < 4.78 is 11.5. The zero-order valence-corrected chi connectivity index (χ0v) is 24.7. The molecule has 10 nitrogen and oxygen atoms in total. The van der Waals surface area contributed by atoms with E-state index in [9.17, 15) is 19.2 Å². The van der Waals surface area contributed by atoms with Crippen molar-refractivity contribution in [3.63, 3.8) is 0 Å². The van der Waals surface area contributed by atoms with E-state index in [1.165, 1.54) is 4.90 Å². The van der Waals surface area contributed by atoms with Crippen molar-refractivity contribution < 1.29 is 28.7 Å². The second-order valence-corrected chi connectivity index (χ2v) is 10.3. The number of amides is 4. The zero-order valence-electron chi connectivity index (χ0n) is 24.0. The molecule has 0 bridgehead atoms. The minimum atomic E-state index is -1.22. The number of nitrogens with zero attached hydrogens (tertiary/aromatic N) is 2. The van der Waals surface area contributed by atoms with Gasteiger partial charge in [0.05, 0.1) is 25.1 Å². The fourth-order valence-electron chi connectivity index (χ4n) is 4.55. The number of halogens is 1. The number of rotatable bonds is 8. The summed E-state index contributed by atoms with van der Waals surface area (Å²) in [5, 5.41) is 6.03. The molecule has 226 valence electrons. The average Bonchev–Trinajstić information content (AvgIpc) is 3.01. The lowest BCUT2D eigenvalue weighted by Gasteiger charge is -2.29. The van der Waals surface area contributed by atoms with Gasteiger partial charge < -0.3 is 29.9 Å². The molecule has 3 aromatic rings. The summed E-state index contributed by atoms with van der Waals surface area (Å²) in [4.78, 5) is 56.7. The third-order valence-electron chi connectivity index (χ3n) is 6.86. The van der Waals surface area contributed by atoms with Gasteiger partial charge in [0.25, 0.3) is 5.91 Å². The maximum absolute atomic E-state index is 13.7. The Morgan fingerprint density at radius 3 is 2.44 bits per heavy atom. The molecule has 43 heavy (non-hydrogen) atoms. The Labute approximate surface area is 255 Å². The summed E-state index contributed by atoms with van der Waals surface area (Å²) in [5.74, 6) is -0.922. The molecule has 1 heterocycles. The summed E-state index contributed by atoms with van der Waals surface area (Å²) >= 11 is 5.91. The molecule has 0 aromatic heterocycles. The van der Waals surface area contributed by atoms with E-state index in [1.54, 1.807) is 53.4 Å². The van der Waals surface area contributed by atoms with Gasteiger partial charge in [0.2, 0.25) is 17.7 Å². The van der Waals surface area contributed by atoms with E-state index in [4.69, 9.17) is 21.1 Å². The van der Waals surface area contributed by atoms with Gasteiger partial charge in [-0.05, 0) is 48.9 Å². The van der Waals surface area contributed by atoms with Crippen LogP contribution in [0.25, 0.3) is 0 Å². The first kappa shape index (κ1) is 31.4. The molecule has 2 N–H and O–H groups in total. The summed E-state index contributed by atoms with van der Waals surface area (Å²) in [7, 11) is 0. The molecule has 1 atom stereocenters. The fourth-order valence-corrected chi connectivity index (χ4v) is 4.68. The molecule has 0 saturated heterocycles. The van der Waals surface area contributed by atoms with E-state index < -0.39 is 23.8 Å². The maximum atomic E-state index is 13.7. The Bertz CT molecular complexity index is 1400. The normalized spacial score (nSPS) is 16.4. The number of ether oxygens (including phenoxy) is 2. The van der Waals surface area contributed by atoms with Crippen LogP contribution in [0.15, 0.2) is 78.9 Å². The minimum absolute atomic E-state index is 0.124. The number of carbonyl (C=O) groups is 4. The van der Waals surface area contributed by atoms with Gasteiger partial charge in [0.15, 0.2) is 0 Å². The lowest BCUT2D eigenvalue weighted by molar-refractivity contribution is -0.142. The molecule has 0 unspecified atom stereocenters. The van der Waals surface area contributed by atoms with Crippen molar-refractivity contribution in [2.75, 3.05) is 39.4 Å². The van der Waals surface area contributed by atoms with Crippen LogP contribution in [0.2, 0.25) is 5.02 Å². The van der Waals surface area contributed by atoms with E-state index in [1.807, 2.05) is 37.3 Å². The average molecular weight is 607 g/mol. The lowest BCUT2D eigenvalue weighted by atomic mass is 10.1. The first-order chi connectivity index (χ1) is 20.8. The molecule has 4 rings (SSSR count). The predicted molar refractivity (Wildman–Crippen MR) is 162 cm³/mol. The Morgan fingerprint density at radius 2 is 1.70 bits per heavy atom. The van der Waals surface area contributed by atoms with E-state index in [0.29, 0.717) is 23.1 Å². The first-order valence-corrected chi connectivity index (χ1v) is 14.5. The Hall–Kier alpha value is -4.57. The summed E-state index contributed by atoms with van der Waals surface area (Å²) in [6, 6.07) is 21.5. The molecule has 1 aliphatic heterocycles. The van der Waals surface area contributed by atoms with Gasteiger partial charge in [-0.1, -0.05) is 54.1 Å². The summed E-state index contributed by atoms with van der Waals surface area (Å²) in [5.41, 5.74) is 1.04. The molecule has 0 radical (unpaired) electrons. The SMILES string of the molecule is CCN1CCOc2ccccc2C(=O)N[C@H](C(=O)NCCOc2ccc(Cl)cc2)CC(=O)N(Cc2ccccc2)CC1=O. The molecule has 0 fully saturated rings. The Kier molecular flexibility index (Phi) is 11.4. The number of para-hydroxylation sites is 1. The summed E-state index contributed by atoms with van der Waals surface area (Å²) in [6.45, 7) is 2.95. The smallest absolute Gasteiger partial charge is 0.255 e. The van der Waals surface area contributed by atoms with Crippen LogP contribution in [-0.2, 0) is 20.9 Å². The number of carbonyl (C=O) groups excluding carboxylic acids is 4. The number of nitrogens with one attached hydrogen (secondary N) is 2. The van der Waals surface area contributed by atoms with Crippen molar-refractivity contribution in [2.45, 2.75) is 25.9 Å². The van der Waals surface area contributed by atoms with Crippen LogP contribution < -0.4 is 20.1 Å². The second-order valence-electron chi connectivity index (χ2n) is 9.88. The molecule has 4 amide bonds. The van der Waals surface area contributed by atoms with Crippen molar-refractivity contribution in [3.05, 3.63) is 95.0 Å². The third kappa shape index (κ3) is 9.21. The van der Waals surface area contributed by atoms with E-state index >= 15 is 0 Å². The van der Waals surface area contributed by atoms with Gasteiger partial charge in [0, 0.05) is 18.1 Å². The van der Waals surface area contributed by atoms with Crippen LogP contribution >= 0.6 is 11.6 Å². The Balaban J connectivity index is 1.55. The number of likely N-dealkylation sites (N-methyl/N-ethyl adjacent to an activating group) is 1. The highest BCUT2D eigenvalue weighted by molar-refractivity contribution is 6.30. The molecule has 11 heteroatoms. The van der Waals surface area contributed by atoms with Gasteiger partial charge in [-0.3, -0.25) is 19.2 Å². The van der Waals surface area contributed by atoms with E-state index in [2.05, 4.69) is 10.6 Å². The minimum Gasteiger partial charge on any atom is -0.492 e. The van der Waals surface area contributed by atoms with Crippen molar-refractivity contribution in [3.8, 4) is 11.5 Å². The highest BCUT2D eigenvalue weighted by atomic mass is 35.5. The topological polar surface area (TPSA) is 117 Å². The number of fused-ring (bicyclic) bond motifs is 1. The molecular weight excluding hydrogens is 572 g/mol. The molecular formula is C32H35ClN4O6. The molecule has 0 aliphatic carbocycles. The standard InChI is InChI=1S/C32H35ClN4O6/c1-2-36-17-19-43-28-11-7-6-10-26(28)31(40)35-27(32(41)34-16-18-42-25-14-12-24(33)13-15-25)20-29(38)37(22-30(36)39)21-23-8-4-3-5-9-23/h3-15,27H,2,16-22H2,1H3,(H,34,41)(H,35,40)/t27-/m0/s1. The van der Waals surface area contributed by atoms with Crippen LogP contribution in [0.3, 0.4) is 0 Å². The number of hydrogen-bond donors (Lipinski definition) is 2. The molecule has 0 saturated carbocycles. The fraction of sp³-hybridized carbons (Fsp3) is 0.312. The lowest BCUT2D eigenvalue weighted by Crippen LogP contribution is -2.51. The Morgan fingerprint density at radius 1 is 0.977 bits per heavy atom. The van der Waals surface area contributed by atoms with Gasteiger partial charge >= 0.3 is 0 Å². The quantitative estimate of drug-likeness (QED) is 0.380. The number of benzene rings is 3. The molecule has 3 aromatic carbocycles. The maximum Gasteiger partial charge on any atom is 0.255 e. The van der Waals surface area contributed by atoms with Crippen molar-refractivity contribution in [2.24, 2.45) is 0 Å². The van der Waals surface area contributed by atoms with E-state index in [-0.39, 0.29) is 57.3 Å². The van der Waals surface area contributed by atoms with Crippen LogP contribution in [0.1, 0.15) is 29.3 Å². The molecule has 1 aliphatic rings. The second kappa shape index (κ2) is 15.6. The predicted octanol–water partition coefficient (Wildman–Crippen LogP) is 3.29. The number of hydrogen-bond acceptors (Lipinski definition) is 6. The van der Waals surface area contributed by atoms with Crippen LogP contribution in [-0.4, -0.2) is 78.9 Å². The van der Waals surface area contributed by atoms with Gasteiger partial charge in [0.1, 0.15) is 37.3 Å². The largest absolute Gasteiger partial charge is 0.492 e. The first-order valence-electron chi connectivity index (χ1n) is 14.1. The van der Waals surface area contributed by atoms with Gasteiger partial charge in [-0.25, -0.2) is 0 Å². The van der Waals surface area contributed by atoms with Crippen LogP contribution in [0.4, 0.5) is 0 Å². The zero-order chi connectivity index (χ0) is 30.6. The third-order valence-corrected chi connectivity index (χ3v) is 7.12. The van der Waals surface area contributed by atoms with Crippen LogP contribution in [0, 0.1) is 0 Å². The van der Waals surface area contributed by atoms with E-state index in [0.717, 1.165) is 5.56 Å². The van der Waals surface area contributed by atoms with Crippen molar-refractivity contribution >= 4 is 35.2 Å². The van der Waals surface area contributed by atoms with Crippen molar-refractivity contribution in [1.29, 1.82) is 0 Å². The highest BCUT2D eigenvalue weighted by Gasteiger charge is 2.30. The van der Waals surface area contributed by atoms with Gasteiger partial charge in [-0.15, -0.1) is 0 Å². The van der Waals surface area contributed by atoms with Crippen molar-refractivity contribution in [1.82, 2.24) is 20.4 Å².